The molecule has 0 fully saturated rings. The van der Waals surface area contributed by atoms with Gasteiger partial charge in [0.1, 0.15) is 12.1 Å². The maximum Gasteiger partial charge on any atom is 0.168 e. The van der Waals surface area contributed by atoms with Crippen LogP contribution in [0.1, 0.15) is 5.56 Å². The van der Waals surface area contributed by atoms with Crippen LogP contribution in [0.5, 0.6) is 0 Å². The van der Waals surface area contributed by atoms with E-state index in [1.165, 1.54) is 0 Å². The van der Waals surface area contributed by atoms with Crippen LogP contribution in [0.3, 0.4) is 0 Å². The molecule has 2 aromatic heterocycles. The summed E-state index contributed by atoms with van der Waals surface area (Å²) in [6, 6.07) is 5.73. The van der Waals surface area contributed by atoms with Crippen molar-refractivity contribution in [3.63, 3.8) is 0 Å². The lowest BCUT2D eigenvalue weighted by atomic mass is 10.2. The normalized spacial score (nSPS) is 11.0. The van der Waals surface area contributed by atoms with Crippen LogP contribution in [0.4, 0.5) is 5.82 Å². The van der Waals surface area contributed by atoms with Crippen molar-refractivity contribution >= 4 is 28.5 Å². The Morgan fingerprint density at radius 3 is 2.75 bits per heavy atom. The van der Waals surface area contributed by atoms with Gasteiger partial charge in [-0.2, -0.15) is 5.10 Å². The molecule has 0 spiro atoms. The standard InChI is InChI=1S/C14H14ClN5/c1-9-4-5-10(15)6-12(9)20-14-11(7-18-20)13(19(2)3)16-8-17-14/h4-8H,1-3H3. The Balaban J connectivity index is 2.28. The molecule has 0 unspecified atom stereocenters. The fourth-order valence-corrected chi connectivity index (χ4v) is 2.34. The predicted molar refractivity (Wildman–Crippen MR) is 80.7 cm³/mol. The number of hydrogen-bond acceptors (Lipinski definition) is 4. The van der Waals surface area contributed by atoms with Gasteiger partial charge in [0.15, 0.2) is 5.65 Å². The Hall–Kier alpha value is -2.14. The van der Waals surface area contributed by atoms with Crippen molar-refractivity contribution in [2.45, 2.75) is 6.92 Å². The van der Waals surface area contributed by atoms with Crippen LogP contribution < -0.4 is 4.90 Å². The summed E-state index contributed by atoms with van der Waals surface area (Å²) >= 11 is 6.08. The highest BCUT2D eigenvalue weighted by Crippen LogP contribution is 2.25. The number of hydrogen-bond donors (Lipinski definition) is 0. The summed E-state index contributed by atoms with van der Waals surface area (Å²) in [5.41, 5.74) is 2.79. The topological polar surface area (TPSA) is 46.8 Å². The van der Waals surface area contributed by atoms with E-state index in [9.17, 15) is 0 Å². The summed E-state index contributed by atoms with van der Waals surface area (Å²) in [6.45, 7) is 2.02. The molecule has 2 heterocycles. The minimum absolute atomic E-state index is 0.677. The lowest BCUT2D eigenvalue weighted by Crippen LogP contribution is -2.11. The summed E-state index contributed by atoms with van der Waals surface area (Å²) in [5, 5.41) is 6.03. The number of fused-ring (bicyclic) bond motifs is 1. The number of aromatic nitrogens is 4. The van der Waals surface area contributed by atoms with E-state index in [0.29, 0.717) is 5.02 Å². The van der Waals surface area contributed by atoms with E-state index >= 15 is 0 Å². The van der Waals surface area contributed by atoms with Gasteiger partial charge in [0.05, 0.1) is 17.3 Å². The van der Waals surface area contributed by atoms with Crippen LogP contribution >= 0.6 is 11.6 Å². The average molecular weight is 288 g/mol. The van der Waals surface area contributed by atoms with Crippen LogP contribution in [-0.4, -0.2) is 33.8 Å². The molecule has 0 aliphatic heterocycles. The van der Waals surface area contributed by atoms with E-state index in [0.717, 1.165) is 28.1 Å². The van der Waals surface area contributed by atoms with Crippen molar-refractivity contribution in [2.75, 3.05) is 19.0 Å². The molecule has 3 aromatic rings. The first kappa shape index (κ1) is 12.9. The van der Waals surface area contributed by atoms with E-state index in [4.69, 9.17) is 11.6 Å². The molecule has 5 nitrogen and oxygen atoms in total. The zero-order chi connectivity index (χ0) is 14.3. The van der Waals surface area contributed by atoms with Crippen molar-refractivity contribution in [3.8, 4) is 5.69 Å². The fraction of sp³-hybridized carbons (Fsp3) is 0.214. The Kier molecular flexibility index (Phi) is 3.06. The van der Waals surface area contributed by atoms with E-state index in [2.05, 4.69) is 15.1 Å². The maximum atomic E-state index is 6.08. The quantitative estimate of drug-likeness (QED) is 0.727. The average Bonchev–Trinajstić information content (AvgIpc) is 2.85. The van der Waals surface area contributed by atoms with E-state index < -0.39 is 0 Å². The first-order valence-corrected chi connectivity index (χ1v) is 6.58. The first-order chi connectivity index (χ1) is 9.58. The Morgan fingerprint density at radius 2 is 2.00 bits per heavy atom. The third-order valence-electron chi connectivity index (χ3n) is 3.17. The van der Waals surface area contributed by atoms with Gasteiger partial charge in [-0.25, -0.2) is 14.6 Å². The molecule has 0 radical (unpaired) electrons. The Morgan fingerprint density at radius 1 is 1.20 bits per heavy atom. The Bertz CT molecular complexity index is 778. The van der Waals surface area contributed by atoms with Gasteiger partial charge in [0.25, 0.3) is 0 Å². The molecule has 20 heavy (non-hydrogen) atoms. The number of nitrogens with zero attached hydrogens (tertiary/aromatic N) is 5. The molecule has 0 bridgehead atoms. The van der Waals surface area contributed by atoms with Crippen molar-refractivity contribution in [1.82, 2.24) is 19.7 Å². The third-order valence-corrected chi connectivity index (χ3v) is 3.40. The van der Waals surface area contributed by atoms with Gasteiger partial charge in [-0.05, 0) is 24.6 Å². The molecule has 0 saturated heterocycles. The first-order valence-electron chi connectivity index (χ1n) is 6.20. The van der Waals surface area contributed by atoms with Crippen molar-refractivity contribution in [3.05, 3.63) is 41.3 Å². The number of halogens is 1. The highest BCUT2D eigenvalue weighted by atomic mass is 35.5. The highest BCUT2D eigenvalue weighted by molar-refractivity contribution is 6.30. The molecule has 0 aliphatic carbocycles. The van der Waals surface area contributed by atoms with Gasteiger partial charge in [0.2, 0.25) is 0 Å². The summed E-state index contributed by atoms with van der Waals surface area (Å²) in [7, 11) is 3.90. The number of anilines is 1. The van der Waals surface area contributed by atoms with Crippen molar-refractivity contribution in [2.24, 2.45) is 0 Å². The second-order valence-corrected chi connectivity index (χ2v) is 5.25. The van der Waals surface area contributed by atoms with Crippen LogP contribution in [-0.2, 0) is 0 Å². The molecule has 0 atom stereocenters. The van der Waals surface area contributed by atoms with Gasteiger partial charge in [-0.15, -0.1) is 0 Å². The molecular formula is C14H14ClN5. The minimum Gasteiger partial charge on any atom is -0.362 e. The lowest BCUT2D eigenvalue weighted by molar-refractivity contribution is 0.887. The summed E-state index contributed by atoms with van der Waals surface area (Å²) in [5.74, 6) is 0.848. The van der Waals surface area contributed by atoms with Gasteiger partial charge in [0, 0.05) is 19.1 Å². The molecular weight excluding hydrogens is 274 g/mol. The number of aryl methyl sites for hydroxylation is 1. The third kappa shape index (κ3) is 2.00. The zero-order valence-corrected chi connectivity index (χ0v) is 12.3. The zero-order valence-electron chi connectivity index (χ0n) is 11.5. The minimum atomic E-state index is 0.677. The summed E-state index contributed by atoms with van der Waals surface area (Å²) in [6.07, 6.45) is 3.33. The Labute approximate surface area is 121 Å². The smallest absolute Gasteiger partial charge is 0.168 e. The van der Waals surface area contributed by atoms with Gasteiger partial charge >= 0.3 is 0 Å². The highest BCUT2D eigenvalue weighted by Gasteiger charge is 2.13. The maximum absolute atomic E-state index is 6.08. The molecule has 0 aliphatic rings. The fourth-order valence-electron chi connectivity index (χ4n) is 2.18. The molecule has 102 valence electrons. The van der Waals surface area contributed by atoms with Gasteiger partial charge < -0.3 is 4.90 Å². The van der Waals surface area contributed by atoms with Crippen LogP contribution in [0, 0.1) is 6.92 Å². The molecule has 0 N–H and O–H groups in total. The SMILES string of the molecule is Cc1ccc(Cl)cc1-n1ncc2c(N(C)C)ncnc21. The molecule has 0 amide bonds. The number of rotatable bonds is 2. The van der Waals surface area contributed by atoms with E-state index in [1.807, 2.05) is 44.1 Å². The molecule has 3 rings (SSSR count). The van der Waals surface area contributed by atoms with E-state index in [-0.39, 0.29) is 0 Å². The summed E-state index contributed by atoms with van der Waals surface area (Å²) < 4.78 is 1.80. The number of benzene rings is 1. The van der Waals surface area contributed by atoms with Crippen LogP contribution in [0.25, 0.3) is 16.7 Å². The molecule has 1 aromatic carbocycles. The van der Waals surface area contributed by atoms with Crippen LogP contribution in [0.2, 0.25) is 5.02 Å². The summed E-state index contributed by atoms with van der Waals surface area (Å²) in [4.78, 5) is 10.6. The second kappa shape index (κ2) is 4.76. The lowest BCUT2D eigenvalue weighted by Gasteiger charge is -2.12. The molecule has 6 heteroatoms. The monoisotopic (exact) mass is 287 g/mol. The van der Waals surface area contributed by atoms with Gasteiger partial charge in [-0.1, -0.05) is 17.7 Å². The predicted octanol–water partition coefficient (Wildman–Crippen LogP) is 2.84. The largest absolute Gasteiger partial charge is 0.362 e. The molecule has 0 saturated carbocycles. The van der Waals surface area contributed by atoms with Gasteiger partial charge in [-0.3, -0.25) is 0 Å². The van der Waals surface area contributed by atoms with E-state index in [1.54, 1.807) is 17.2 Å². The second-order valence-electron chi connectivity index (χ2n) is 4.82. The van der Waals surface area contributed by atoms with Crippen LogP contribution in [0.15, 0.2) is 30.7 Å². The van der Waals surface area contributed by atoms with Crippen molar-refractivity contribution < 1.29 is 0 Å². The van der Waals surface area contributed by atoms with Crippen molar-refractivity contribution in [1.29, 1.82) is 0 Å².